The normalized spacial score (nSPS) is 10.5. The van der Waals surface area contributed by atoms with Gasteiger partial charge < -0.3 is 10.5 Å². The highest BCUT2D eigenvalue weighted by atomic mass is 16.5. The second-order valence-corrected chi connectivity index (χ2v) is 3.03. The second kappa shape index (κ2) is 5.98. The van der Waals surface area contributed by atoms with Crippen LogP contribution in [-0.4, -0.2) is 12.6 Å². The van der Waals surface area contributed by atoms with Crippen molar-refractivity contribution in [2.75, 3.05) is 6.61 Å². The molecule has 15 heavy (non-hydrogen) atoms. The predicted octanol–water partition coefficient (Wildman–Crippen LogP) is 1.72. The Balaban J connectivity index is 2.60. The molecule has 0 fully saturated rings. The van der Waals surface area contributed by atoms with E-state index in [1.165, 1.54) is 6.08 Å². The fourth-order valence-corrected chi connectivity index (χ4v) is 1.12. The molecule has 80 valence electrons. The number of hydrogen-bond acceptors (Lipinski definition) is 3. The van der Waals surface area contributed by atoms with Gasteiger partial charge in [-0.1, -0.05) is 24.3 Å². The van der Waals surface area contributed by atoms with E-state index in [0.717, 1.165) is 11.1 Å². The zero-order valence-electron chi connectivity index (χ0n) is 8.77. The van der Waals surface area contributed by atoms with Crippen LogP contribution in [0.4, 0.5) is 0 Å². The monoisotopic (exact) mass is 205 g/mol. The maximum absolute atomic E-state index is 11.0. The molecule has 0 aliphatic heterocycles. The molecule has 1 aromatic rings. The molecule has 0 saturated carbocycles. The van der Waals surface area contributed by atoms with Gasteiger partial charge in [-0.15, -0.1) is 0 Å². The molecule has 0 aliphatic carbocycles. The molecule has 3 heteroatoms. The summed E-state index contributed by atoms with van der Waals surface area (Å²) in [4.78, 5) is 11.0. The van der Waals surface area contributed by atoms with Crippen LogP contribution in [0.15, 0.2) is 30.3 Å². The van der Waals surface area contributed by atoms with Crippen LogP contribution in [0.2, 0.25) is 0 Å². The lowest BCUT2D eigenvalue weighted by molar-refractivity contribution is -0.137. The van der Waals surface area contributed by atoms with Crippen molar-refractivity contribution in [2.24, 2.45) is 5.73 Å². The van der Waals surface area contributed by atoms with Crippen LogP contribution in [0.5, 0.6) is 0 Å². The Kier molecular flexibility index (Phi) is 4.57. The highest BCUT2D eigenvalue weighted by Crippen LogP contribution is 2.05. The van der Waals surface area contributed by atoms with Crippen LogP contribution in [0.3, 0.4) is 0 Å². The van der Waals surface area contributed by atoms with Crippen LogP contribution in [0.1, 0.15) is 18.1 Å². The standard InChI is InChI=1S/C12H15NO2/c1-2-15-12(14)8-7-10-3-5-11(9-13)6-4-10/h3-8H,2,9,13H2,1H3/b8-7+. The van der Waals surface area contributed by atoms with Gasteiger partial charge in [-0.2, -0.15) is 0 Å². The molecule has 0 atom stereocenters. The molecule has 0 aliphatic rings. The molecule has 0 bridgehead atoms. The molecule has 0 spiro atoms. The van der Waals surface area contributed by atoms with Crippen LogP contribution < -0.4 is 5.73 Å². The van der Waals surface area contributed by atoms with Crippen molar-refractivity contribution in [2.45, 2.75) is 13.5 Å². The Labute approximate surface area is 89.5 Å². The van der Waals surface area contributed by atoms with Crippen molar-refractivity contribution in [3.05, 3.63) is 41.5 Å². The number of carbonyl (C=O) groups is 1. The molecule has 0 heterocycles. The first-order chi connectivity index (χ1) is 7.26. The Morgan fingerprint density at radius 1 is 1.40 bits per heavy atom. The summed E-state index contributed by atoms with van der Waals surface area (Å²) < 4.78 is 4.76. The topological polar surface area (TPSA) is 52.3 Å². The number of ether oxygens (including phenoxy) is 1. The van der Waals surface area contributed by atoms with Gasteiger partial charge in [-0.05, 0) is 24.1 Å². The van der Waals surface area contributed by atoms with E-state index in [1.807, 2.05) is 24.3 Å². The van der Waals surface area contributed by atoms with E-state index in [9.17, 15) is 4.79 Å². The van der Waals surface area contributed by atoms with Gasteiger partial charge in [-0.25, -0.2) is 4.79 Å². The third kappa shape index (κ3) is 3.95. The fourth-order valence-electron chi connectivity index (χ4n) is 1.12. The van der Waals surface area contributed by atoms with Gasteiger partial charge in [0.15, 0.2) is 0 Å². The van der Waals surface area contributed by atoms with Crippen molar-refractivity contribution in [1.29, 1.82) is 0 Å². The Bertz CT molecular complexity index is 341. The number of esters is 1. The molecule has 1 rings (SSSR count). The minimum atomic E-state index is -0.319. The summed E-state index contributed by atoms with van der Waals surface area (Å²) in [5.74, 6) is -0.319. The number of carbonyl (C=O) groups excluding carboxylic acids is 1. The summed E-state index contributed by atoms with van der Waals surface area (Å²) in [6.45, 7) is 2.71. The molecular weight excluding hydrogens is 190 g/mol. The second-order valence-electron chi connectivity index (χ2n) is 3.03. The van der Waals surface area contributed by atoms with E-state index in [0.29, 0.717) is 13.2 Å². The lowest BCUT2D eigenvalue weighted by Crippen LogP contribution is -1.98. The molecular formula is C12H15NO2. The summed E-state index contributed by atoms with van der Waals surface area (Å²) in [7, 11) is 0. The van der Waals surface area contributed by atoms with E-state index >= 15 is 0 Å². The summed E-state index contributed by atoms with van der Waals surface area (Å²) in [5.41, 5.74) is 7.50. The van der Waals surface area contributed by atoms with Crippen molar-refractivity contribution in [3.63, 3.8) is 0 Å². The molecule has 0 aromatic heterocycles. The zero-order chi connectivity index (χ0) is 11.1. The lowest BCUT2D eigenvalue weighted by Gasteiger charge is -1.97. The van der Waals surface area contributed by atoms with Crippen molar-refractivity contribution in [1.82, 2.24) is 0 Å². The Morgan fingerprint density at radius 2 is 2.07 bits per heavy atom. The molecule has 0 unspecified atom stereocenters. The first kappa shape index (κ1) is 11.5. The predicted molar refractivity (Wildman–Crippen MR) is 60.0 cm³/mol. The third-order valence-electron chi connectivity index (χ3n) is 1.91. The van der Waals surface area contributed by atoms with Crippen LogP contribution >= 0.6 is 0 Å². The summed E-state index contributed by atoms with van der Waals surface area (Å²) in [6, 6.07) is 7.70. The van der Waals surface area contributed by atoms with E-state index in [4.69, 9.17) is 10.5 Å². The first-order valence-corrected chi connectivity index (χ1v) is 4.90. The molecule has 0 saturated heterocycles. The third-order valence-corrected chi connectivity index (χ3v) is 1.91. The zero-order valence-corrected chi connectivity index (χ0v) is 8.77. The summed E-state index contributed by atoms with van der Waals surface area (Å²) >= 11 is 0. The summed E-state index contributed by atoms with van der Waals surface area (Å²) in [6.07, 6.45) is 3.14. The Hall–Kier alpha value is -1.61. The van der Waals surface area contributed by atoms with Gasteiger partial charge in [0, 0.05) is 12.6 Å². The highest BCUT2D eigenvalue weighted by molar-refractivity contribution is 5.86. The van der Waals surface area contributed by atoms with Crippen LogP contribution in [-0.2, 0) is 16.1 Å². The Morgan fingerprint density at radius 3 is 2.60 bits per heavy atom. The average Bonchev–Trinajstić information content (AvgIpc) is 2.27. The SMILES string of the molecule is CCOC(=O)/C=C/c1ccc(CN)cc1. The van der Waals surface area contributed by atoms with Gasteiger partial charge in [-0.3, -0.25) is 0 Å². The van der Waals surface area contributed by atoms with Crippen molar-refractivity contribution < 1.29 is 9.53 Å². The van der Waals surface area contributed by atoms with Gasteiger partial charge >= 0.3 is 5.97 Å². The number of hydrogen-bond donors (Lipinski definition) is 1. The van der Waals surface area contributed by atoms with E-state index in [-0.39, 0.29) is 5.97 Å². The van der Waals surface area contributed by atoms with Gasteiger partial charge in [0.05, 0.1) is 6.61 Å². The van der Waals surface area contributed by atoms with Crippen molar-refractivity contribution >= 4 is 12.0 Å². The number of rotatable bonds is 4. The minimum absolute atomic E-state index is 0.319. The van der Waals surface area contributed by atoms with E-state index in [1.54, 1.807) is 13.0 Å². The quantitative estimate of drug-likeness (QED) is 0.601. The maximum Gasteiger partial charge on any atom is 0.330 e. The van der Waals surface area contributed by atoms with Gasteiger partial charge in [0.2, 0.25) is 0 Å². The van der Waals surface area contributed by atoms with Gasteiger partial charge in [0.1, 0.15) is 0 Å². The lowest BCUT2D eigenvalue weighted by atomic mass is 10.1. The summed E-state index contributed by atoms with van der Waals surface area (Å²) in [5, 5.41) is 0. The highest BCUT2D eigenvalue weighted by Gasteiger charge is 1.94. The van der Waals surface area contributed by atoms with E-state index < -0.39 is 0 Å². The molecule has 0 amide bonds. The smallest absolute Gasteiger partial charge is 0.330 e. The van der Waals surface area contributed by atoms with E-state index in [2.05, 4.69) is 0 Å². The van der Waals surface area contributed by atoms with Crippen LogP contribution in [0, 0.1) is 0 Å². The van der Waals surface area contributed by atoms with Crippen molar-refractivity contribution in [3.8, 4) is 0 Å². The number of nitrogens with two attached hydrogens (primary N) is 1. The van der Waals surface area contributed by atoms with Crippen LogP contribution in [0.25, 0.3) is 6.08 Å². The molecule has 3 nitrogen and oxygen atoms in total. The average molecular weight is 205 g/mol. The van der Waals surface area contributed by atoms with Gasteiger partial charge in [0.25, 0.3) is 0 Å². The molecule has 0 radical (unpaired) electrons. The number of benzene rings is 1. The first-order valence-electron chi connectivity index (χ1n) is 4.90. The maximum atomic E-state index is 11.0. The minimum Gasteiger partial charge on any atom is -0.463 e. The fraction of sp³-hybridized carbons (Fsp3) is 0.250. The molecule has 1 aromatic carbocycles. The molecule has 2 N–H and O–H groups in total. The largest absolute Gasteiger partial charge is 0.463 e.